The Balaban J connectivity index is 2.53. The molecule has 4 heteroatoms. The van der Waals surface area contributed by atoms with Crippen LogP contribution in [-0.4, -0.2) is 7.05 Å². The lowest BCUT2D eigenvalue weighted by molar-refractivity contribution is 0.585. The molecule has 0 saturated carbocycles. The number of hydrogen-bond acceptors (Lipinski definition) is 2. The minimum Gasteiger partial charge on any atom is -0.399 e. The Bertz CT molecular complexity index is 559. The molecule has 94 valence electrons. The molecule has 0 atom stereocenters. The molecule has 18 heavy (non-hydrogen) atoms. The Labute approximate surface area is 105 Å². The van der Waals surface area contributed by atoms with Crippen LogP contribution in [0.15, 0.2) is 36.4 Å². The first-order valence-corrected chi connectivity index (χ1v) is 5.54. The highest BCUT2D eigenvalue weighted by molar-refractivity contribution is 5.68. The van der Waals surface area contributed by atoms with Gasteiger partial charge in [-0.15, -0.1) is 0 Å². The molecule has 0 radical (unpaired) electrons. The van der Waals surface area contributed by atoms with E-state index in [9.17, 15) is 8.78 Å². The highest BCUT2D eigenvalue weighted by Crippen LogP contribution is 2.32. The van der Waals surface area contributed by atoms with E-state index < -0.39 is 11.6 Å². The maximum atomic E-state index is 13.8. The summed E-state index contributed by atoms with van der Waals surface area (Å²) in [6.45, 7) is 1.89. The van der Waals surface area contributed by atoms with E-state index in [0.29, 0.717) is 0 Å². The van der Waals surface area contributed by atoms with E-state index in [-0.39, 0.29) is 11.4 Å². The number of nitrogen functional groups attached to an aromatic ring is 1. The van der Waals surface area contributed by atoms with E-state index in [1.807, 2.05) is 31.2 Å². The number of hydrogen-bond donors (Lipinski definition) is 1. The lowest BCUT2D eigenvalue weighted by Crippen LogP contribution is -2.14. The van der Waals surface area contributed by atoms with Gasteiger partial charge in [-0.05, 0) is 30.7 Å². The van der Waals surface area contributed by atoms with Crippen molar-refractivity contribution in [1.29, 1.82) is 0 Å². The van der Waals surface area contributed by atoms with Crippen LogP contribution < -0.4 is 10.6 Å². The van der Waals surface area contributed by atoms with Crippen molar-refractivity contribution in [2.24, 2.45) is 0 Å². The highest BCUT2D eigenvalue weighted by Gasteiger charge is 2.16. The fourth-order valence-electron chi connectivity index (χ4n) is 1.97. The van der Waals surface area contributed by atoms with Gasteiger partial charge in [-0.25, -0.2) is 8.78 Å². The van der Waals surface area contributed by atoms with Crippen molar-refractivity contribution in [2.75, 3.05) is 17.7 Å². The number of halogens is 2. The van der Waals surface area contributed by atoms with Crippen LogP contribution in [0.4, 0.5) is 25.8 Å². The first-order valence-electron chi connectivity index (χ1n) is 5.54. The molecule has 0 heterocycles. The van der Waals surface area contributed by atoms with Crippen LogP contribution in [0.3, 0.4) is 0 Å². The molecule has 0 aromatic heterocycles. The minimum absolute atomic E-state index is 0.0759. The van der Waals surface area contributed by atoms with Crippen LogP contribution in [0.2, 0.25) is 0 Å². The third-order valence-corrected chi connectivity index (χ3v) is 2.85. The maximum Gasteiger partial charge on any atom is 0.151 e. The van der Waals surface area contributed by atoms with Crippen LogP contribution in [0.5, 0.6) is 0 Å². The number of aryl methyl sites for hydroxylation is 1. The number of rotatable bonds is 2. The van der Waals surface area contributed by atoms with E-state index >= 15 is 0 Å². The second-order valence-electron chi connectivity index (χ2n) is 4.18. The third kappa shape index (κ3) is 2.14. The second-order valence-corrected chi connectivity index (χ2v) is 4.18. The van der Waals surface area contributed by atoms with Gasteiger partial charge < -0.3 is 10.6 Å². The van der Waals surface area contributed by atoms with Crippen LogP contribution >= 0.6 is 0 Å². The largest absolute Gasteiger partial charge is 0.399 e. The van der Waals surface area contributed by atoms with Gasteiger partial charge in [-0.3, -0.25) is 0 Å². The monoisotopic (exact) mass is 248 g/mol. The van der Waals surface area contributed by atoms with Crippen molar-refractivity contribution in [1.82, 2.24) is 0 Å². The molecule has 0 fully saturated rings. The zero-order valence-corrected chi connectivity index (χ0v) is 10.2. The quantitative estimate of drug-likeness (QED) is 0.822. The number of para-hydroxylation sites is 1. The number of nitrogens with zero attached hydrogens (tertiary/aromatic N) is 1. The molecular formula is C14H14F2N2. The zero-order valence-electron chi connectivity index (χ0n) is 10.2. The zero-order chi connectivity index (χ0) is 13.3. The average molecular weight is 248 g/mol. The molecule has 0 aliphatic rings. The Morgan fingerprint density at radius 3 is 2.17 bits per heavy atom. The van der Waals surface area contributed by atoms with Crippen molar-refractivity contribution in [3.8, 4) is 0 Å². The Morgan fingerprint density at radius 2 is 1.61 bits per heavy atom. The van der Waals surface area contributed by atoms with E-state index in [1.165, 1.54) is 4.90 Å². The Kier molecular flexibility index (Phi) is 3.19. The summed E-state index contributed by atoms with van der Waals surface area (Å²) in [5.41, 5.74) is 7.07. The van der Waals surface area contributed by atoms with Crippen LogP contribution in [0.25, 0.3) is 0 Å². The van der Waals surface area contributed by atoms with Gasteiger partial charge in [0.15, 0.2) is 11.6 Å². The molecule has 0 bridgehead atoms. The summed E-state index contributed by atoms with van der Waals surface area (Å²) < 4.78 is 27.6. The van der Waals surface area contributed by atoms with Gasteiger partial charge >= 0.3 is 0 Å². The molecular weight excluding hydrogens is 234 g/mol. The van der Waals surface area contributed by atoms with Gasteiger partial charge in [0.25, 0.3) is 0 Å². The van der Waals surface area contributed by atoms with Crippen molar-refractivity contribution in [3.05, 3.63) is 53.6 Å². The molecule has 2 nitrogen and oxygen atoms in total. The summed E-state index contributed by atoms with van der Waals surface area (Å²) in [5, 5.41) is 0. The van der Waals surface area contributed by atoms with Gasteiger partial charge in [0.1, 0.15) is 5.69 Å². The smallest absolute Gasteiger partial charge is 0.151 e. The van der Waals surface area contributed by atoms with Gasteiger partial charge in [0.05, 0.1) is 0 Å². The van der Waals surface area contributed by atoms with E-state index in [4.69, 9.17) is 5.73 Å². The second kappa shape index (κ2) is 4.64. The van der Waals surface area contributed by atoms with Gasteiger partial charge in [-0.1, -0.05) is 18.2 Å². The molecule has 0 aliphatic heterocycles. The van der Waals surface area contributed by atoms with Crippen molar-refractivity contribution in [3.63, 3.8) is 0 Å². The molecule has 2 rings (SSSR count). The maximum absolute atomic E-state index is 13.8. The SMILES string of the molecule is Cc1ccccc1N(C)c1c(F)cc(N)cc1F. The predicted octanol–water partition coefficient (Wildman–Crippen LogP) is 3.62. The van der Waals surface area contributed by atoms with Crippen LogP contribution in [0.1, 0.15) is 5.56 Å². The minimum atomic E-state index is -0.668. The molecule has 0 amide bonds. The van der Waals surface area contributed by atoms with Crippen molar-refractivity contribution < 1.29 is 8.78 Å². The molecule has 0 saturated heterocycles. The van der Waals surface area contributed by atoms with Crippen LogP contribution in [0, 0.1) is 18.6 Å². The molecule has 0 aliphatic carbocycles. The number of benzene rings is 2. The summed E-state index contributed by atoms with van der Waals surface area (Å²) in [7, 11) is 1.63. The molecule has 0 unspecified atom stereocenters. The van der Waals surface area contributed by atoms with Crippen molar-refractivity contribution in [2.45, 2.75) is 6.92 Å². The predicted molar refractivity (Wildman–Crippen MR) is 70.0 cm³/mol. The van der Waals surface area contributed by atoms with E-state index in [2.05, 4.69) is 0 Å². The molecule has 0 spiro atoms. The standard InChI is InChI=1S/C14H14F2N2/c1-9-5-3-4-6-13(9)18(2)14-11(15)7-10(17)8-12(14)16/h3-8H,17H2,1-2H3. The van der Waals surface area contributed by atoms with Crippen molar-refractivity contribution >= 4 is 17.1 Å². The molecule has 2 aromatic carbocycles. The summed E-state index contributed by atoms with van der Waals surface area (Å²) in [4.78, 5) is 1.49. The van der Waals surface area contributed by atoms with Gasteiger partial charge in [0, 0.05) is 18.4 Å². The normalized spacial score (nSPS) is 10.4. The summed E-state index contributed by atoms with van der Waals surface area (Å²) in [5.74, 6) is -1.34. The molecule has 2 N–H and O–H groups in total. The van der Waals surface area contributed by atoms with Gasteiger partial charge in [-0.2, -0.15) is 0 Å². The summed E-state index contributed by atoms with van der Waals surface area (Å²) in [6.07, 6.45) is 0. The number of nitrogens with two attached hydrogens (primary N) is 1. The Hall–Kier alpha value is -2.10. The third-order valence-electron chi connectivity index (χ3n) is 2.85. The highest BCUT2D eigenvalue weighted by atomic mass is 19.1. The topological polar surface area (TPSA) is 29.3 Å². The Morgan fingerprint density at radius 1 is 1.06 bits per heavy atom. The lowest BCUT2D eigenvalue weighted by atomic mass is 10.1. The fourth-order valence-corrected chi connectivity index (χ4v) is 1.97. The number of anilines is 3. The first kappa shape index (κ1) is 12.4. The van der Waals surface area contributed by atoms with Crippen LogP contribution in [-0.2, 0) is 0 Å². The van der Waals surface area contributed by atoms with E-state index in [1.54, 1.807) is 7.05 Å². The molecule has 2 aromatic rings. The fraction of sp³-hybridized carbons (Fsp3) is 0.143. The summed E-state index contributed by atoms with van der Waals surface area (Å²) >= 11 is 0. The summed E-state index contributed by atoms with van der Waals surface area (Å²) in [6, 6.07) is 9.64. The average Bonchev–Trinajstić information content (AvgIpc) is 2.27. The van der Waals surface area contributed by atoms with E-state index in [0.717, 1.165) is 23.4 Å². The van der Waals surface area contributed by atoms with Gasteiger partial charge in [0.2, 0.25) is 0 Å². The first-order chi connectivity index (χ1) is 8.50. The lowest BCUT2D eigenvalue weighted by Gasteiger charge is -2.22.